The third-order valence-electron chi connectivity index (χ3n) is 5.37. The molecule has 2 N–H and O–H groups in total. The summed E-state index contributed by atoms with van der Waals surface area (Å²) < 4.78 is 19.2. The summed E-state index contributed by atoms with van der Waals surface area (Å²) in [5, 5.41) is 0. The Labute approximate surface area is 184 Å². The Morgan fingerprint density at radius 3 is 1.48 bits per heavy atom. The molecule has 0 aromatic heterocycles. The molecule has 1 unspecified atom stereocenters. The molecule has 0 amide bonds. The van der Waals surface area contributed by atoms with Crippen molar-refractivity contribution >= 4 is 8.80 Å². The molecule has 0 rings (SSSR count). The zero-order valence-electron chi connectivity index (χ0n) is 20.3. The SMILES string of the molecule is CCCCCCCO[Si](CCC)(OCCCCCCC)OC(N)CCCCCC. The van der Waals surface area contributed by atoms with Gasteiger partial charge in [-0.3, -0.25) is 0 Å². The van der Waals surface area contributed by atoms with E-state index in [-0.39, 0.29) is 6.23 Å². The van der Waals surface area contributed by atoms with Crippen molar-refractivity contribution in [3.8, 4) is 0 Å². The minimum atomic E-state index is -2.69. The Bertz CT molecular complexity index is 315. The van der Waals surface area contributed by atoms with E-state index in [1.807, 2.05) is 0 Å². The molecule has 0 saturated carbocycles. The number of hydrogen-bond donors (Lipinski definition) is 1. The minimum Gasteiger partial charge on any atom is -0.373 e. The fraction of sp³-hybridized carbons (Fsp3) is 1.00. The molecule has 0 aliphatic rings. The lowest BCUT2D eigenvalue weighted by Gasteiger charge is -2.32. The van der Waals surface area contributed by atoms with Gasteiger partial charge in [-0.05, 0) is 25.7 Å². The van der Waals surface area contributed by atoms with Crippen LogP contribution in [0.15, 0.2) is 0 Å². The molecule has 176 valence electrons. The van der Waals surface area contributed by atoms with Crippen LogP contribution >= 0.6 is 0 Å². The highest BCUT2D eigenvalue weighted by Crippen LogP contribution is 2.22. The molecule has 1 atom stereocenters. The molecule has 0 aromatic rings. The maximum atomic E-state index is 6.39. The zero-order valence-corrected chi connectivity index (χ0v) is 21.3. The van der Waals surface area contributed by atoms with Gasteiger partial charge in [-0.2, -0.15) is 0 Å². The van der Waals surface area contributed by atoms with Gasteiger partial charge in [-0.25, -0.2) is 0 Å². The summed E-state index contributed by atoms with van der Waals surface area (Å²) in [7, 11) is -2.69. The fourth-order valence-electron chi connectivity index (χ4n) is 3.55. The van der Waals surface area contributed by atoms with Crippen LogP contribution in [0.25, 0.3) is 0 Å². The second-order valence-electron chi connectivity index (χ2n) is 8.46. The predicted molar refractivity (Wildman–Crippen MR) is 128 cm³/mol. The summed E-state index contributed by atoms with van der Waals surface area (Å²) in [6, 6.07) is 0.875. The van der Waals surface area contributed by atoms with Crippen LogP contribution in [0.2, 0.25) is 6.04 Å². The molecule has 0 bridgehead atoms. The van der Waals surface area contributed by atoms with Gasteiger partial charge < -0.3 is 19.0 Å². The van der Waals surface area contributed by atoms with E-state index in [2.05, 4.69) is 27.7 Å². The van der Waals surface area contributed by atoms with Crippen molar-refractivity contribution in [1.29, 1.82) is 0 Å². The average molecular weight is 432 g/mol. The van der Waals surface area contributed by atoms with Crippen molar-refractivity contribution in [3.63, 3.8) is 0 Å². The number of nitrogens with two attached hydrogens (primary N) is 1. The highest BCUT2D eigenvalue weighted by Gasteiger charge is 2.41. The lowest BCUT2D eigenvalue weighted by atomic mass is 10.1. The van der Waals surface area contributed by atoms with E-state index < -0.39 is 8.80 Å². The third kappa shape index (κ3) is 17.4. The molecule has 0 aliphatic heterocycles. The van der Waals surface area contributed by atoms with Gasteiger partial charge in [0.05, 0.1) is 6.23 Å². The van der Waals surface area contributed by atoms with Crippen molar-refractivity contribution < 1.29 is 13.3 Å². The van der Waals surface area contributed by atoms with E-state index in [1.165, 1.54) is 70.6 Å². The Hall–Kier alpha value is 0.0569. The van der Waals surface area contributed by atoms with Crippen LogP contribution in [0.1, 0.15) is 130 Å². The minimum absolute atomic E-state index is 0.259. The molecule has 0 fully saturated rings. The summed E-state index contributed by atoms with van der Waals surface area (Å²) in [5.74, 6) is 0. The molecule has 0 aromatic carbocycles. The van der Waals surface area contributed by atoms with Gasteiger partial charge in [0.2, 0.25) is 0 Å². The first-order valence-electron chi connectivity index (χ1n) is 12.8. The van der Waals surface area contributed by atoms with Crippen LogP contribution in [0, 0.1) is 0 Å². The molecule has 0 heterocycles. The lowest BCUT2D eigenvalue weighted by molar-refractivity contribution is 0.0229. The van der Waals surface area contributed by atoms with Gasteiger partial charge >= 0.3 is 8.80 Å². The lowest BCUT2D eigenvalue weighted by Crippen LogP contribution is -2.50. The maximum Gasteiger partial charge on any atom is 0.502 e. The van der Waals surface area contributed by atoms with Crippen LogP contribution < -0.4 is 5.73 Å². The summed E-state index contributed by atoms with van der Waals surface area (Å²) in [5.41, 5.74) is 6.36. The highest BCUT2D eigenvalue weighted by molar-refractivity contribution is 6.60. The molecular formula is C24H53NO3Si. The van der Waals surface area contributed by atoms with Crippen molar-refractivity contribution in [2.75, 3.05) is 13.2 Å². The van der Waals surface area contributed by atoms with E-state index >= 15 is 0 Å². The molecule has 4 nitrogen and oxygen atoms in total. The van der Waals surface area contributed by atoms with E-state index in [1.54, 1.807) is 0 Å². The summed E-state index contributed by atoms with van der Waals surface area (Å²) in [6.45, 7) is 10.4. The van der Waals surface area contributed by atoms with Gasteiger partial charge in [0.15, 0.2) is 0 Å². The second-order valence-corrected chi connectivity index (χ2v) is 11.1. The second kappa shape index (κ2) is 21.3. The smallest absolute Gasteiger partial charge is 0.373 e. The van der Waals surface area contributed by atoms with E-state index in [9.17, 15) is 0 Å². The summed E-state index contributed by atoms with van der Waals surface area (Å²) in [4.78, 5) is 0. The maximum absolute atomic E-state index is 6.39. The largest absolute Gasteiger partial charge is 0.502 e. The van der Waals surface area contributed by atoms with Gasteiger partial charge in [0.25, 0.3) is 0 Å². The molecular weight excluding hydrogens is 378 g/mol. The van der Waals surface area contributed by atoms with Gasteiger partial charge in [-0.15, -0.1) is 0 Å². The van der Waals surface area contributed by atoms with Crippen LogP contribution in [0.3, 0.4) is 0 Å². The topological polar surface area (TPSA) is 53.7 Å². The van der Waals surface area contributed by atoms with E-state index in [0.717, 1.165) is 51.4 Å². The first-order valence-corrected chi connectivity index (χ1v) is 14.8. The van der Waals surface area contributed by atoms with Crippen LogP contribution in [-0.4, -0.2) is 28.2 Å². The molecule has 29 heavy (non-hydrogen) atoms. The number of hydrogen-bond acceptors (Lipinski definition) is 4. The van der Waals surface area contributed by atoms with E-state index in [4.69, 9.17) is 19.0 Å². The van der Waals surface area contributed by atoms with Gasteiger partial charge in [0, 0.05) is 19.3 Å². The van der Waals surface area contributed by atoms with Crippen molar-refractivity contribution in [1.82, 2.24) is 0 Å². The normalized spacial score (nSPS) is 13.1. The number of unbranched alkanes of at least 4 members (excludes halogenated alkanes) is 11. The Morgan fingerprint density at radius 1 is 0.586 bits per heavy atom. The Balaban J connectivity index is 4.60. The first-order chi connectivity index (χ1) is 14.1. The van der Waals surface area contributed by atoms with E-state index in [0.29, 0.717) is 0 Å². The quantitative estimate of drug-likeness (QED) is 0.103. The van der Waals surface area contributed by atoms with Crippen LogP contribution in [-0.2, 0) is 13.3 Å². The van der Waals surface area contributed by atoms with Gasteiger partial charge in [-0.1, -0.05) is 105 Å². The van der Waals surface area contributed by atoms with Crippen molar-refractivity contribution in [2.24, 2.45) is 5.73 Å². The third-order valence-corrected chi connectivity index (χ3v) is 8.43. The number of rotatable bonds is 23. The van der Waals surface area contributed by atoms with Crippen molar-refractivity contribution in [3.05, 3.63) is 0 Å². The monoisotopic (exact) mass is 431 g/mol. The fourth-order valence-corrected chi connectivity index (χ4v) is 6.28. The molecule has 0 radical (unpaired) electrons. The van der Waals surface area contributed by atoms with Gasteiger partial charge in [0.1, 0.15) is 0 Å². The molecule has 5 heteroatoms. The first kappa shape index (κ1) is 29.1. The zero-order chi connectivity index (χ0) is 21.6. The van der Waals surface area contributed by atoms with Crippen LogP contribution in [0.5, 0.6) is 0 Å². The molecule has 0 spiro atoms. The predicted octanol–water partition coefficient (Wildman–Crippen LogP) is 7.58. The summed E-state index contributed by atoms with van der Waals surface area (Å²) >= 11 is 0. The standard InChI is InChI=1S/C24H53NO3Si/c1-5-9-12-15-18-21-26-29(23-8-4,27-22-19-16-13-10-6-2)28-24(25)20-17-14-11-7-3/h24H,5-23,25H2,1-4H3. The molecule has 0 saturated heterocycles. The van der Waals surface area contributed by atoms with Crippen molar-refractivity contribution in [2.45, 2.75) is 143 Å². The van der Waals surface area contributed by atoms with Crippen LogP contribution in [0.4, 0.5) is 0 Å². The highest BCUT2D eigenvalue weighted by atomic mass is 28.4. The Kier molecular flexibility index (Phi) is 21.3. The Morgan fingerprint density at radius 2 is 1.03 bits per heavy atom. The average Bonchev–Trinajstić information content (AvgIpc) is 2.71. The molecule has 0 aliphatic carbocycles. The summed E-state index contributed by atoms with van der Waals surface area (Å²) in [6.07, 6.45) is 18.9.